The smallest absolute Gasteiger partial charge is 0.335 e. The molecule has 2 aromatic carbocycles. The number of hydrogen-bond donors (Lipinski definition) is 2. The molecule has 3 rings (SSSR count). The summed E-state index contributed by atoms with van der Waals surface area (Å²) in [7, 11) is -3.75. The second-order valence-corrected chi connectivity index (χ2v) is 7.05. The number of sulfonamides is 1. The number of benzene rings is 2. The van der Waals surface area contributed by atoms with Crippen LogP contribution in [0.1, 0.15) is 10.4 Å². The predicted octanol–water partition coefficient (Wildman–Crippen LogP) is 4.00. The fourth-order valence-corrected chi connectivity index (χ4v) is 3.11. The predicted molar refractivity (Wildman–Crippen MR) is 99.1 cm³/mol. The normalized spacial score (nSPS) is 11.4. The molecule has 0 atom stereocenters. The van der Waals surface area contributed by atoms with Gasteiger partial charge in [-0.2, -0.15) is 10.2 Å². The Balaban J connectivity index is 1.72. The summed E-state index contributed by atoms with van der Waals surface area (Å²) >= 11 is 0. The van der Waals surface area contributed by atoms with E-state index < -0.39 is 16.0 Å². The van der Waals surface area contributed by atoms with Gasteiger partial charge in [-0.05, 0) is 60.7 Å². The van der Waals surface area contributed by atoms with Crippen LogP contribution in [-0.4, -0.2) is 24.5 Å². The Bertz CT molecular complexity index is 1060. The number of nitrogens with one attached hydrogen (secondary N) is 1. The molecule has 0 aliphatic heterocycles. The van der Waals surface area contributed by atoms with Crippen LogP contribution in [0.4, 0.5) is 17.2 Å². The molecule has 27 heavy (non-hydrogen) atoms. The number of carboxylic acid groups (broad SMARTS) is 1. The highest BCUT2D eigenvalue weighted by Crippen LogP contribution is 2.21. The third-order valence-electron chi connectivity index (χ3n) is 3.45. The average molecular weight is 382 g/mol. The third-order valence-corrected chi connectivity index (χ3v) is 4.82. The van der Waals surface area contributed by atoms with E-state index in [4.69, 9.17) is 5.11 Å². The lowest BCUT2D eigenvalue weighted by Gasteiger charge is -2.06. The van der Waals surface area contributed by atoms with E-state index in [-0.39, 0.29) is 16.3 Å². The maximum atomic E-state index is 12.3. The average Bonchev–Trinajstić information content (AvgIpc) is 2.67. The maximum Gasteiger partial charge on any atom is 0.335 e. The zero-order valence-electron chi connectivity index (χ0n) is 13.9. The first kappa shape index (κ1) is 18.2. The molecular formula is C18H14N4O4S. The second-order valence-electron chi connectivity index (χ2n) is 5.37. The molecule has 3 aromatic rings. The van der Waals surface area contributed by atoms with Gasteiger partial charge in [-0.1, -0.05) is 6.07 Å². The molecule has 136 valence electrons. The molecule has 0 bridgehead atoms. The topological polar surface area (TPSA) is 121 Å². The van der Waals surface area contributed by atoms with Gasteiger partial charge in [0.25, 0.3) is 10.0 Å². The van der Waals surface area contributed by atoms with E-state index in [2.05, 4.69) is 19.9 Å². The van der Waals surface area contributed by atoms with Gasteiger partial charge in [0.2, 0.25) is 0 Å². The Morgan fingerprint density at radius 1 is 0.889 bits per heavy atom. The molecule has 0 spiro atoms. The third kappa shape index (κ3) is 4.73. The molecule has 9 heteroatoms. The quantitative estimate of drug-likeness (QED) is 0.624. The van der Waals surface area contributed by atoms with E-state index >= 15 is 0 Å². The van der Waals surface area contributed by atoms with Crippen LogP contribution in [0.3, 0.4) is 0 Å². The van der Waals surface area contributed by atoms with Crippen molar-refractivity contribution in [3.63, 3.8) is 0 Å². The van der Waals surface area contributed by atoms with Gasteiger partial charge < -0.3 is 5.11 Å². The van der Waals surface area contributed by atoms with Crippen molar-refractivity contribution >= 4 is 33.2 Å². The Hall–Kier alpha value is -3.59. The Morgan fingerprint density at radius 2 is 1.48 bits per heavy atom. The molecule has 0 radical (unpaired) electrons. The highest BCUT2D eigenvalue weighted by Gasteiger charge is 2.14. The fourth-order valence-electron chi connectivity index (χ4n) is 2.10. The summed E-state index contributed by atoms with van der Waals surface area (Å²) < 4.78 is 27.0. The number of hydrogen-bond acceptors (Lipinski definition) is 6. The number of rotatable bonds is 6. The monoisotopic (exact) mass is 382 g/mol. The number of carboxylic acids is 1. The standard InChI is InChI=1S/C18H14N4O4S/c23-18(24)13-4-6-14(7-5-13)20-21-15-8-10-16(11-9-15)27(25,26)22-17-3-1-2-12-19-17/h1-12H,(H,19,22)(H,23,24). The summed E-state index contributed by atoms with van der Waals surface area (Å²) in [4.78, 5) is 14.8. The summed E-state index contributed by atoms with van der Waals surface area (Å²) in [5, 5.41) is 16.9. The number of azo groups is 1. The van der Waals surface area contributed by atoms with Gasteiger partial charge >= 0.3 is 5.97 Å². The van der Waals surface area contributed by atoms with Crippen molar-refractivity contribution in [3.05, 3.63) is 78.5 Å². The molecule has 0 amide bonds. The van der Waals surface area contributed by atoms with Crippen molar-refractivity contribution in [1.29, 1.82) is 0 Å². The number of carbonyl (C=O) groups is 1. The number of aromatic nitrogens is 1. The molecule has 0 aliphatic rings. The Labute approximate surface area is 155 Å². The van der Waals surface area contributed by atoms with E-state index in [1.165, 1.54) is 54.7 Å². The largest absolute Gasteiger partial charge is 0.478 e. The minimum atomic E-state index is -3.75. The lowest BCUT2D eigenvalue weighted by atomic mass is 10.2. The first-order valence-electron chi connectivity index (χ1n) is 7.73. The highest BCUT2D eigenvalue weighted by atomic mass is 32.2. The van der Waals surface area contributed by atoms with Crippen molar-refractivity contribution < 1.29 is 18.3 Å². The van der Waals surface area contributed by atoms with Crippen molar-refractivity contribution in [3.8, 4) is 0 Å². The summed E-state index contributed by atoms with van der Waals surface area (Å²) in [5.41, 5.74) is 1.09. The molecule has 0 saturated carbocycles. The van der Waals surface area contributed by atoms with Crippen LogP contribution >= 0.6 is 0 Å². The molecule has 1 heterocycles. The van der Waals surface area contributed by atoms with E-state index in [1.54, 1.807) is 18.2 Å². The molecule has 0 saturated heterocycles. The van der Waals surface area contributed by atoms with Gasteiger partial charge in [0.05, 0.1) is 21.8 Å². The van der Waals surface area contributed by atoms with Crippen molar-refractivity contribution in [2.75, 3.05) is 4.72 Å². The van der Waals surface area contributed by atoms with Gasteiger partial charge in [-0.15, -0.1) is 0 Å². The van der Waals surface area contributed by atoms with E-state index in [0.717, 1.165) is 0 Å². The van der Waals surface area contributed by atoms with Crippen molar-refractivity contribution in [1.82, 2.24) is 4.98 Å². The Kier molecular flexibility index (Phi) is 5.23. The van der Waals surface area contributed by atoms with Crippen LogP contribution < -0.4 is 4.72 Å². The number of anilines is 1. The van der Waals surface area contributed by atoms with E-state index in [1.807, 2.05) is 0 Å². The summed E-state index contributed by atoms with van der Waals surface area (Å²) in [6.45, 7) is 0. The van der Waals surface area contributed by atoms with Crippen LogP contribution in [0.2, 0.25) is 0 Å². The van der Waals surface area contributed by atoms with Gasteiger partial charge in [-0.25, -0.2) is 18.2 Å². The summed E-state index contributed by atoms with van der Waals surface area (Å²) in [6.07, 6.45) is 1.49. The summed E-state index contributed by atoms with van der Waals surface area (Å²) in [5.74, 6) is -0.791. The van der Waals surface area contributed by atoms with Crippen molar-refractivity contribution in [2.45, 2.75) is 4.90 Å². The minimum absolute atomic E-state index is 0.0675. The van der Waals surface area contributed by atoms with Gasteiger partial charge in [0, 0.05) is 6.20 Å². The van der Waals surface area contributed by atoms with Gasteiger partial charge in [0.15, 0.2) is 0 Å². The SMILES string of the molecule is O=C(O)c1ccc(N=Nc2ccc(S(=O)(=O)Nc3ccccn3)cc2)cc1. The van der Waals surface area contributed by atoms with Crippen molar-refractivity contribution in [2.24, 2.45) is 10.2 Å². The second kappa shape index (κ2) is 7.75. The molecule has 2 N–H and O–H groups in total. The lowest BCUT2D eigenvalue weighted by molar-refractivity contribution is 0.0697. The van der Waals surface area contributed by atoms with E-state index in [9.17, 15) is 13.2 Å². The zero-order chi connectivity index (χ0) is 19.3. The molecule has 0 aliphatic carbocycles. The number of nitrogens with zero attached hydrogens (tertiary/aromatic N) is 3. The minimum Gasteiger partial charge on any atom is -0.478 e. The lowest BCUT2D eigenvalue weighted by Crippen LogP contribution is -2.13. The molecule has 1 aromatic heterocycles. The first-order valence-corrected chi connectivity index (χ1v) is 9.21. The Morgan fingerprint density at radius 3 is 2.00 bits per heavy atom. The fraction of sp³-hybridized carbons (Fsp3) is 0. The number of aromatic carboxylic acids is 1. The highest BCUT2D eigenvalue weighted by molar-refractivity contribution is 7.92. The molecular weight excluding hydrogens is 368 g/mol. The zero-order valence-corrected chi connectivity index (χ0v) is 14.7. The molecule has 0 unspecified atom stereocenters. The molecule has 8 nitrogen and oxygen atoms in total. The van der Waals surface area contributed by atoms with Crippen LogP contribution in [-0.2, 0) is 10.0 Å². The number of pyridine rings is 1. The van der Waals surface area contributed by atoms with Gasteiger partial charge in [-0.3, -0.25) is 4.72 Å². The maximum absolute atomic E-state index is 12.3. The van der Waals surface area contributed by atoms with Crippen LogP contribution in [0.25, 0.3) is 0 Å². The summed E-state index contributed by atoms with van der Waals surface area (Å²) in [6, 6.07) is 16.7. The first-order chi connectivity index (χ1) is 12.9. The van der Waals surface area contributed by atoms with E-state index in [0.29, 0.717) is 11.4 Å². The molecule has 0 fully saturated rings. The van der Waals surface area contributed by atoms with Crippen LogP contribution in [0, 0.1) is 0 Å². The van der Waals surface area contributed by atoms with Crippen LogP contribution in [0.15, 0.2) is 88.1 Å². The van der Waals surface area contributed by atoms with Crippen LogP contribution in [0.5, 0.6) is 0 Å². The van der Waals surface area contributed by atoms with Gasteiger partial charge in [0.1, 0.15) is 5.82 Å².